The molecular weight excluding hydrogens is 444 g/mol. The lowest BCUT2D eigenvalue weighted by molar-refractivity contribution is 0.0642. The summed E-state index contributed by atoms with van der Waals surface area (Å²) >= 11 is 7.06. The Balaban J connectivity index is 1.58. The van der Waals surface area contributed by atoms with Crippen LogP contribution < -0.4 is 5.32 Å². The number of imide groups is 1. The zero-order chi connectivity index (χ0) is 23.0. The molecule has 32 heavy (non-hydrogen) atoms. The molecule has 0 unspecified atom stereocenters. The molecule has 1 N–H and O–H groups in total. The second-order valence-corrected chi connectivity index (χ2v) is 10.5. The van der Waals surface area contributed by atoms with E-state index in [2.05, 4.69) is 32.5 Å². The second kappa shape index (κ2) is 8.52. The average molecular weight is 466 g/mol. The fourth-order valence-corrected chi connectivity index (χ4v) is 4.60. The Kier molecular flexibility index (Phi) is 5.93. The van der Waals surface area contributed by atoms with Crippen molar-refractivity contribution in [1.29, 1.82) is 0 Å². The summed E-state index contributed by atoms with van der Waals surface area (Å²) in [5.74, 6) is -1.17. The van der Waals surface area contributed by atoms with Gasteiger partial charge < -0.3 is 5.32 Å². The Morgan fingerprint density at radius 1 is 1.06 bits per heavy atom. The third kappa shape index (κ3) is 4.61. The quantitative estimate of drug-likeness (QED) is 0.466. The number of halogens is 1. The first-order valence-electron chi connectivity index (χ1n) is 10.1. The van der Waals surface area contributed by atoms with Gasteiger partial charge in [0.05, 0.1) is 32.6 Å². The summed E-state index contributed by atoms with van der Waals surface area (Å²) in [6.45, 7) is 6.50. The number of thiophene rings is 1. The summed E-state index contributed by atoms with van der Waals surface area (Å²) in [7, 11) is 0. The highest BCUT2D eigenvalue weighted by Crippen LogP contribution is 2.32. The summed E-state index contributed by atoms with van der Waals surface area (Å²) in [5.41, 5.74) is 2.71. The van der Waals surface area contributed by atoms with Gasteiger partial charge in [-0.1, -0.05) is 62.7 Å². The zero-order valence-electron chi connectivity index (χ0n) is 17.9. The molecule has 2 heterocycles. The Labute approximate surface area is 196 Å². The zero-order valence-corrected chi connectivity index (χ0v) is 19.5. The van der Waals surface area contributed by atoms with Crippen LogP contribution in [-0.2, 0) is 6.54 Å². The molecule has 0 aliphatic carbocycles. The van der Waals surface area contributed by atoms with E-state index in [1.165, 1.54) is 4.90 Å². The van der Waals surface area contributed by atoms with Gasteiger partial charge >= 0.3 is 0 Å². The van der Waals surface area contributed by atoms with E-state index >= 15 is 0 Å². The van der Waals surface area contributed by atoms with Crippen molar-refractivity contribution in [2.24, 2.45) is 5.41 Å². The fourth-order valence-electron chi connectivity index (χ4n) is 3.67. The van der Waals surface area contributed by atoms with Gasteiger partial charge in [-0.25, -0.2) is 0 Å². The van der Waals surface area contributed by atoms with E-state index in [0.29, 0.717) is 14.9 Å². The van der Waals surface area contributed by atoms with E-state index in [1.54, 1.807) is 30.3 Å². The monoisotopic (exact) mass is 465 g/mol. The number of fused-ring (bicyclic) bond motifs is 1. The number of carbonyl (C=O) groups excluding carboxylic acids is 3. The molecule has 1 radical (unpaired) electrons. The van der Waals surface area contributed by atoms with Crippen molar-refractivity contribution in [2.45, 2.75) is 27.3 Å². The molecule has 0 bridgehead atoms. The maximum absolute atomic E-state index is 13.2. The van der Waals surface area contributed by atoms with Crippen LogP contribution in [0, 0.1) is 11.8 Å². The SMILES string of the molecule is CC(C)(C)[CH]c1cccc(CN2C(=O)c3cccc(NC(=O)c4ccc(Cl)s4)c3C2=O)c1. The van der Waals surface area contributed by atoms with Crippen LogP contribution in [0.4, 0.5) is 5.69 Å². The number of rotatable bonds is 5. The first kappa shape index (κ1) is 22.2. The minimum atomic E-state index is -0.421. The number of anilines is 1. The Morgan fingerprint density at radius 3 is 2.50 bits per heavy atom. The Morgan fingerprint density at radius 2 is 1.81 bits per heavy atom. The van der Waals surface area contributed by atoms with Gasteiger partial charge in [-0.2, -0.15) is 0 Å². The molecule has 0 saturated carbocycles. The van der Waals surface area contributed by atoms with Crippen molar-refractivity contribution in [2.75, 3.05) is 5.32 Å². The standard InChI is InChI=1S/C25H22ClN2O3S/c1-25(2,3)13-15-6-4-7-16(12-15)14-28-23(30)17-8-5-9-18(21(17)24(28)31)27-22(29)19-10-11-20(26)32-19/h4-13H,14H2,1-3H3,(H,27,29). The smallest absolute Gasteiger partial charge is 0.265 e. The second-order valence-electron chi connectivity index (χ2n) is 8.74. The summed E-state index contributed by atoms with van der Waals surface area (Å²) in [6, 6.07) is 15.9. The number of hydrogen-bond donors (Lipinski definition) is 1. The molecule has 7 heteroatoms. The highest BCUT2D eigenvalue weighted by molar-refractivity contribution is 7.18. The van der Waals surface area contributed by atoms with Crippen LogP contribution in [0.25, 0.3) is 0 Å². The molecule has 0 fully saturated rings. The van der Waals surface area contributed by atoms with Crippen LogP contribution in [-0.4, -0.2) is 22.6 Å². The van der Waals surface area contributed by atoms with Crippen LogP contribution in [0.3, 0.4) is 0 Å². The molecule has 0 atom stereocenters. The topological polar surface area (TPSA) is 66.5 Å². The molecule has 0 saturated heterocycles. The number of nitrogens with one attached hydrogen (secondary N) is 1. The maximum atomic E-state index is 13.2. The van der Waals surface area contributed by atoms with Crippen molar-refractivity contribution in [1.82, 2.24) is 4.90 Å². The number of hydrogen-bond acceptors (Lipinski definition) is 4. The van der Waals surface area contributed by atoms with Gasteiger partial charge in [0.25, 0.3) is 17.7 Å². The van der Waals surface area contributed by atoms with E-state index in [-0.39, 0.29) is 34.9 Å². The van der Waals surface area contributed by atoms with Crippen LogP contribution in [0.5, 0.6) is 0 Å². The van der Waals surface area contributed by atoms with Crippen LogP contribution in [0.1, 0.15) is 62.3 Å². The van der Waals surface area contributed by atoms with E-state index < -0.39 is 5.91 Å². The van der Waals surface area contributed by atoms with Gasteiger partial charge in [0.1, 0.15) is 0 Å². The van der Waals surface area contributed by atoms with Gasteiger partial charge in [0, 0.05) is 0 Å². The van der Waals surface area contributed by atoms with Gasteiger partial charge in [-0.05, 0) is 47.2 Å². The van der Waals surface area contributed by atoms with Crippen molar-refractivity contribution >= 4 is 46.3 Å². The van der Waals surface area contributed by atoms with Crippen molar-refractivity contribution in [3.8, 4) is 0 Å². The van der Waals surface area contributed by atoms with Crippen LogP contribution in [0.15, 0.2) is 54.6 Å². The third-order valence-electron chi connectivity index (χ3n) is 4.94. The highest BCUT2D eigenvalue weighted by atomic mass is 35.5. The molecule has 2 aromatic carbocycles. The van der Waals surface area contributed by atoms with Crippen LogP contribution in [0.2, 0.25) is 4.34 Å². The molecular formula is C25H22ClN2O3S. The van der Waals surface area contributed by atoms with Gasteiger partial charge in [-0.15, -0.1) is 11.3 Å². The van der Waals surface area contributed by atoms with Gasteiger partial charge in [0.15, 0.2) is 0 Å². The molecule has 1 aliphatic heterocycles. The van der Waals surface area contributed by atoms with Crippen molar-refractivity contribution in [3.63, 3.8) is 0 Å². The number of amides is 3. The predicted molar refractivity (Wildman–Crippen MR) is 127 cm³/mol. The largest absolute Gasteiger partial charge is 0.321 e. The number of carbonyl (C=O) groups is 3. The Hall–Kier alpha value is -2.96. The summed E-state index contributed by atoms with van der Waals surface area (Å²) in [5, 5.41) is 2.75. The molecule has 1 aliphatic rings. The summed E-state index contributed by atoms with van der Waals surface area (Å²) < 4.78 is 0.497. The van der Waals surface area contributed by atoms with E-state index in [4.69, 9.17) is 11.6 Å². The lowest BCUT2D eigenvalue weighted by Gasteiger charge is -2.19. The Bertz CT molecular complexity index is 1230. The lowest BCUT2D eigenvalue weighted by atomic mass is 9.88. The third-order valence-corrected chi connectivity index (χ3v) is 6.17. The first-order chi connectivity index (χ1) is 15.1. The molecule has 163 valence electrons. The van der Waals surface area contributed by atoms with Crippen molar-refractivity contribution < 1.29 is 14.4 Å². The average Bonchev–Trinajstić information content (AvgIpc) is 3.25. The highest BCUT2D eigenvalue weighted by Gasteiger charge is 2.37. The van der Waals surface area contributed by atoms with Crippen molar-refractivity contribution in [3.05, 3.63) is 92.5 Å². The van der Waals surface area contributed by atoms with Gasteiger partial charge in [-0.3, -0.25) is 19.3 Å². The van der Waals surface area contributed by atoms with E-state index in [9.17, 15) is 14.4 Å². The minimum Gasteiger partial charge on any atom is -0.321 e. The molecule has 4 rings (SSSR count). The molecule has 0 spiro atoms. The molecule has 3 amide bonds. The number of benzene rings is 2. The first-order valence-corrected chi connectivity index (χ1v) is 11.3. The summed E-state index contributed by atoms with van der Waals surface area (Å²) in [6.07, 6.45) is 2.14. The van der Waals surface area contributed by atoms with Gasteiger partial charge in [0.2, 0.25) is 0 Å². The maximum Gasteiger partial charge on any atom is 0.265 e. The normalized spacial score (nSPS) is 13.4. The van der Waals surface area contributed by atoms with E-state index in [1.807, 2.05) is 24.3 Å². The molecule has 1 aromatic heterocycles. The fraction of sp³-hybridized carbons (Fsp3) is 0.200. The summed E-state index contributed by atoms with van der Waals surface area (Å²) in [4.78, 5) is 40.4. The van der Waals surface area contributed by atoms with E-state index in [0.717, 1.165) is 22.5 Å². The predicted octanol–water partition coefficient (Wildman–Crippen LogP) is 6.05. The number of nitrogens with zero attached hydrogens (tertiary/aromatic N) is 1. The molecule has 3 aromatic rings. The molecule has 5 nitrogen and oxygen atoms in total. The minimum absolute atomic E-state index is 0.00798. The lowest BCUT2D eigenvalue weighted by Crippen LogP contribution is -2.29. The van der Waals surface area contributed by atoms with Crippen LogP contribution >= 0.6 is 22.9 Å².